The van der Waals surface area contributed by atoms with Crippen molar-refractivity contribution in [2.75, 3.05) is 32.8 Å². The predicted octanol–water partition coefficient (Wildman–Crippen LogP) is -0.439. The molecule has 2 saturated heterocycles. The molecular weight excluding hydrogens is 374 g/mol. The summed E-state index contributed by atoms with van der Waals surface area (Å²) in [6.07, 6.45) is 7.14. The number of fused-ring (bicyclic) bond motifs is 2. The number of imidazole rings is 1. The fourth-order valence-corrected chi connectivity index (χ4v) is 4.98. The number of carbonyl (C=O) groups excluding carboxylic acids is 2. The predicted molar refractivity (Wildman–Crippen MR) is 100 cm³/mol. The van der Waals surface area contributed by atoms with E-state index in [1.165, 1.54) is 4.80 Å². The van der Waals surface area contributed by atoms with Crippen LogP contribution in [0.25, 0.3) is 0 Å². The fraction of sp³-hybridized carbons (Fsp3) is 0.632. The molecule has 2 fully saturated rings. The van der Waals surface area contributed by atoms with Crippen LogP contribution in [-0.4, -0.2) is 79.0 Å². The number of rotatable bonds is 3. The number of hydrogen-bond donors (Lipinski definition) is 0. The molecular formula is C19H25N7O3. The van der Waals surface area contributed by atoms with Crippen LogP contribution in [0.2, 0.25) is 0 Å². The molecule has 0 aliphatic carbocycles. The van der Waals surface area contributed by atoms with Gasteiger partial charge >= 0.3 is 0 Å². The van der Waals surface area contributed by atoms with Gasteiger partial charge < -0.3 is 19.1 Å². The first kappa shape index (κ1) is 18.3. The molecule has 10 nitrogen and oxygen atoms in total. The second kappa shape index (κ2) is 6.94. The van der Waals surface area contributed by atoms with Crippen molar-refractivity contribution >= 4 is 11.8 Å². The smallest absolute Gasteiger partial charge is 0.247 e. The minimum Gasteiger partial charge on any atom is -0.381 e. The molecule has 5 rings (SSSR count). The Morgan fingerprint density at radius 1 is 1.28 bits per heavy atom. The van der Waals surface area contributed by atoms with E-state index in [0.717, 1.165) is 24.2 Å². The summed E-state index contributed by atoms with van der Waals surface area (Å²) >= 11 is 0. The molecule has 2 atom stereocenters. The molecule has 5 heterocycles. The monoisotopic (exact) mass is 399 g/mol. The van der Waals surface area contributed by atoms with E-state index in [-0.39, 0.29) is 24.3 Å². The van der Waals surface area contributed by atoms with Gasteiger partial charge in [-0.2, -0.15) is 15.0 Å². The molecule has 2 amide bonds. The zero-order chi connectivity index (χ0) is 20.0. The summed E-state index contributed by atoms with van der Waals surface area (Å²) < 4.78 is 7.44. The lowest BCUT2D eigenvalue weighted by molar-refractivity contribution is -0.142. The van der Waals surface area contributed by atoms with Crippen LogP contribution in [0.4, 0.5) is 0 Å². The average Bonchev–Trinajstić information content (AvgIpc) is 3.50. The molecule has 1 spiro atoms. The lowest BCUT2D eigenvalue weighted by Gasteiger charge is -2.44. The Morgan fingerprint density at radius 3 is 2.86 bits per heavy atom. The van der Waals surface area contributed by atoms with Gasteiger partial charge in [0.2, 0.25) is 11.8 Å². The summed E-state index contributed by atoms with van der Waals surface area (Å²) in [6, 6.07) is 0. The van der Waals surface area contributed by atoms with Crippen LogP contribution in [-0.2, 0) is 39.9 Å². The molecule has 2 aromatic heterocycles. The number of aryl methyl sites for hydroxylation is 1. The molecule has 0 bridgehead atoms. The van der Waals surface area contributed by atoms with Gasteiger partial charge in [0.25, 0.3) is 0 Å². The van der Waals surface area contributed by atoms with Gasteiger partial charge in [-0.3, -0.25) is 9.59 Å². The highest BCUT2D eigenvalue weighted by Gasteiger charge is 2.53. The Bertz CT molecular complexity index is 918. The second-order valence-electron chi connectivity index (χ2n) is 8.11. The minimum absolute atomic E-state index is 0.0454. The number of ether oxygens (including phenoxy) is 1. The first-order chi connectivity index (χ1) is 14.1. The maximum absolute atomic E-state index is 13.2. The van der Waals surface area contributed by atoms with Gasteiger partial charge in [-0.15, -0.1) is 0 Å². The average molecular weight is 399 g/mol. The Morgan fingerprint density at radius 2 is 2.10 bits per heavy atom. The highest BCUT2D eigenvalue weighted by molar-refractivity contribution is 5.81. The molecule has 3 aliphatic rings. The first-order valence-electron chi connectivity index (χ1n) is 10.1. The van der Waals surface area contributed by atoms with E-state index >= 15 is 0 Å². The topological polar surface area (TPSA) is 98.4 Å². The van der Waals surface area contributed by atoms with E-state index in [0.29, 0.717) is 39.3 Å². The Kier molecular flexibility index (Phi) is 4.38. The fourth-order valence-electron chi connectivity index (χ4n) is 4.98. The Labute approximate surface area is 168 Å². The van der Waals surface area contributed by atoms with Gasteiger partial charge in [-0.25, -0.2) is 4.98 Å². The van der Waals surface area contributed by atoms with Crippen LogP contribution in [0.15, 0.2) is 18.7 Å². The third-order valence-corrected chi connectivity index (χ3v) is 6.47. The zero-order valence-corrected chi connectivity index (χ0v) is 16.5. The van der Waals surface area contributed by atoms with Crippen LogP contribution in [0.5, 0.6) is 0 Å². The van der Waals surface area contributed by atoms with E-state index in [4.69, 9.17) is 4.74 Å². The normalized spacial score (nSPS) is 26.3. The minimum atomic E-state index is -0.589. The quantitative estimate of drug-likeness (QED) is 0.694. The van der Waals surface area contributed by atoms with Crippen LogP contribution >= 0.6 is 0 Å². The first-order valence-corrected chi connectivity index (χ1v) is 10.1. The van der Waals surface area contributed by atoms with Crippen molar-refractivity contribution < 1.29 is 14.3 Å². The number of hydrogen-bond acceptors (Lipinski definition) is 6. The van der Waals surface area contributed by atoms with Crippen molar-refractivity contribution in [3.8, 4) is 0 Å². The number of nitrogens with zero attached hydrogens (tertiary/aromatic N) is 7. The van der Waals surface area contributed by atoms with E-state index in [2.05, 4.69) is 15.2 Å². The molecule has 0 aromatic carbocycles. The summed E-state index contributed by atoms with van der Waals surface area (Å²) in [7, 11) is 1.98. The van der Waals surface area contributed by atoms with Crippen LogP contribution in [0, 0.1) is 5.92 Å². The van der Waals surface area contributed by atoms with E-state index in [1.54, 1.807) is 12.4 Å². The summed E-state index contributed by atoms with van der Waals surface area (Å²) in [5.41, 5.74) is 1.48. The molecule has 2 aromatic rings. The molecule has 3 aliphatic heterocycles. The lowest BCUT2D eigenvalue weighted by Crippen LogP contribution is -2.56. The van der Waals surface area contributed by atoms with Crippen molar-refractivity contribution in [3.63, 3.8) is 0 Å². The standard InChI is InChI=1S/C19H25N7O3/c1-23-13-20-17-15(23)2-7-25(16(27)10-26-21-5-6-22-26)19(17)4-8-24(12-19)18(28)14-3-9-29-11-14/h5-6,13-14H,2-4,7-12H2,1H3/t14-,19?/m1/s1. The number of carbonyl (C=O) groups is 2. The van der Waals surface area contributed by atoms with Gasteiger partial charge in [0.05, 0.1) is 36.9 Å². The summed E-state index contributed by atoms with van der Waals surface area (Å²) in [4.78, 5) is 36.1. The zero-order valence-electron chi connectivity index (χ0n) is 16.5. The second-order valence-corrected chi connectivity index (χ2v) is 8.11. The summed E-state index contributed by atoms with van der Waals surface area (Å²) in [5, 5.41) is 8.14. The maximum Gasteiger partial charge on any atom is 0.247 e. The van der Waals surface area contributed by atoms with Gasteiger partial charge in [0.1, 0.15) is 12.1 Å². The van der Waals surface area contributed by atoms with Crippen LogP contribution in [0.1, 0.15) is 24.2 Å². The van der Waals surface area contributed by atoms with Gasteiger partial charge in [-0.05, 0) is 12.8 Å². The Hall–Kier alpha value is -2.75. The van der Waals surface area contributed by atoms with E-state index < -0.39 is 5.54 Å². The van der Waals surface area contributed by atoms with Crippen molar-refractivity contribution in [1.29, 1.82) is 0 Å². The molecule has 0 radical (unpaired) electrons. The van der Waals surface area contributed by atoms with Gasteiger partial charge in [0.15, 0.2) is 0 Å². The molecule has 0 N–H and O–H groups in total. The maximum atomic E-state index is 13.2. The van der Waals surface area contributed by atoms with Crippen molar-refractivity contribution in [2.45, 2.75) is 31.3 Å². The number of likely N-dealkylation sites (tertiary alicyclic amines) is 1. The highest BCUT2D eigenvalue weighted by Crippen LogP contribution is 2.42. The largest absolute Gasteiger partial charge is 0.381 e. The van der Waals surface area contributed by atoms with Crippen LogP contribution in [0.3, 0.4) is 0 Å². The number of aromatic nitrogens is 5. The Balaban J connectivity index is 1.46. The van der Waals surface area contributed by atoms with E-state index in [1.807, 2.05) is 27.7 Å². The molecule has 1 unspecified atom stereocenters. The molecule has 154 valence electrons. The molecule has 0 saturated carbocycles. The van der Waals surface area contributed by atoms with Crippen molar-refractivity contribution in [1.82, 2.24) is 34.3 Å². The third kappa shape index (κ3) is 2.93. The van der Waals surface area contributed by atoms with Crippen LogP contribution < -0.4 is 0 Å². The SMILES string of the molecule is Cn1cnc2c1CCN(C(=O)Cn1nccn1)C21CCN(C(=O)[C@@H]2CCOC2)C1. The summed E-state index contributed by atoms with van der Waals surface area (Å²) in [5.74, 6) is 0.00828. The highest BCUT2D eigenvalue weighted by atomic mass is 16.5. The molecule has 29 heavy (non-hydrogen) atoms. The number of amides is 2. The van der Waals surface area contributed by atoms with Gasteiger partial charge in [0, 0.05) is 45.4 Å². The van der Waals surface area contributed by atoms with Crippen molar-refractivity contribution in [3.05, 3.63) is 30.1 Å². The lowest BCUT2D eigenvalue weighted by atomic mass is 9.85. The van der Waals surface area contributed by atoms with Gasteiger partial charge in [-0.1, -0.05) is 0 Å². The van der Waals surface area contributed by atoms with E-state index in [9.17, 15) is 9.59 Å². The summed E-state index contributed by atoms with van der Waals surface area (Å²) in [6.45, 7) is 2.91. The molecule has 10 heteroatoms. The van der Waals surface area contributed by atoms with Crippen molar-refractivity contribution in [2.24, 2.45) is 13.0 Å². The third-order valence-electron chi connectivity index (χ3n) is 6.47.